The Labute approximate surface area is 104 Å². The first-order valence-corrected chi connectivity index (χ1v) is 5.45. The van der Waals surface area contributed by atoms with Crippen LogP contribution in [0.15, 0.2) is 24.9 Å². The van der Waals surface area contributed by atoms with Gasteiger partial charge in [-0.25, -0.2) is 14.6 Å². The summed E-state index contributed by atoms with van der Waals surface area (Å²) < 4.78 is 6.34. The Morgan fingerprint density at radius 2 is 2.11 bits per heavy atom. The van der Waals surface area contributed by atoms with E-state index in [0.717, 1.165) is 0 Å². The molecule has 0 bridgehead atoms. The maximum absolute atomic E-state index is 11.4. The largest absolute Gasteiger partial charge is 0.466 e. The van der Waals surface area contributed by atoms with Gasteiger partial charge in [-0.15, -0.1) is 0 Å². The van der Waals surface area contributed by atoms with Gasteiger partial charge in [0.1, 0.15) is 17.8 Å². The molecule has 0 unspecified atom stereocenters. The third-order valence-electron chi connectivity index (χ3n) is 2.32. The molecule has 0 amide bonds. The van der Waals surface area contributed by atoms with E-state index in [-0.39, 0.29) is 12.4 Å². The van der Waals surface area contributed by atoms with Crippen molar-refractivity contribution < 1.29 is 9.53 Å². The van der Waals surface area contributed by atoms with Gasteiger partial charge >= 0.3 is 5.97 Å². The molecule has 7 nitrogen and oxygen atoms in total. The lowest BCUT2D eigenvalue weighted by Crippen LogP contribution is -2.09. The van der Waals surface area contributed by atoms with Crippen LogP contribution in [0.1, 0.15) is 12.5 Å². The molecule has 0 atom stereocenters. The third-order valence-corrected chi connectivity index (χ3v) is 2.32. The molecule has 0 aromatic carbocycles. The minimum absolute atomic E-state index is 0.105. The lowest BCUT2D eigenvalue weighted by atomic mass is 10.2. The van der Waals surface area contributed by atoms with Crippen molar-refractivity contribution in [3.05, 3.63) is 30.5 Å². The predicted octanol–water partition coefficient (Wildman–Crippen LogP) is 0.350. The first-order valence-electron chi connectivity index (χ1n) is 5.45. The monoisotopic (exact) mass is 247 g/mol. The number of nitrogens with two attached hydrogens (primary N) is 1. The predicted molar refractivity (Wildman–Crippen MR) is 63.9 cm³/mol. The fourth-order valence-corrected chi connectivity index (χ4v) is 1.50. The molecule has 2 heterocycles. The Hall–Kier alpha value is -2.44. The summed E-state index contributed by atoms with van der Waals surface area (Å²) in [6, 6.07) is 0. The lowest BCUT2D eigenvalue weighted by Gasteiger charge is -2.04. The number of anilines is 1. The number of nitrogens with zero attached hydrogens (tertiary/aromatic N) is 4. The van der Waals surface area contributed by atoms with Crippen LogP contribution in [0.3, 0.4) is 0 Å². The van der Waals surface area contributed by atoms with Crippen molar-refractivity contribution in [3.8, 4) is 5.69 Å². The van der Waals surface area contributed by atoms with Crippen molar-refractivity contribution >= 4 is 11.8 Å². The Morgan fingerprint density at radius 3 is 2.78 bits per heavy atom. The van der Waals surface area contributed by atoms with Crippen molar-refractivity contribution in [2.45, 2.75) is 13.3 Å². The normalized spacial score (nSPS) is 10.3. The molecule has 2 aromatic rings. The molecule has 0 aliphatic heterocycles. The number of hydrogen-bond acceptors (Lipinski definition) is 6. The summed E-state index contributed by atoms with van der Waals surface area (Å²) in [7, 11) is 0. The van der Waals surface area contributed by atoms with Crippen LogP contribution in [-0.4, -0.2) is 32.3 Å². The minimum atomic E-state index is -0.326. The van der Waals surface area contributed by atoms with Gasteiger partial charge < -0.3 is 10.5 Å². The zero-order valence-electron chi connectivity index (χ0n) is 9.91. The van der Waals surface area contributed by atoms with E-state index >= 15 is 0 Å². The number of carbonyl (C=O) groups is 1. The SMILES string of the molecule is CCOC(=O)Cc1cnn(-c2cncnc2)c1N. The molecule has 94 valence electrons. The highest BCUT2D eigenvalue weighted by Crippen LogP contribution is 2.16. The standard InChI is InChI=1S/C11H13N5O2/c1-2-18-10(17)3-8-4-15-16(11(8)12)9-5-13-7-14-6-9/h4-7H,2-3,12H2,1H3. The van der Waals surface area contributed by atoms with Gasteiger partial charge in [-0.2, -0.15) is 5.10 Å². The number of esters is 1. The van der Waals surface area contributed by atoms with E-state index in [1.807, 2.05) is 0 Å². The summed E-state index contributed by atoms with van der Waals surface area (Å²) in [5, 5.41) is 4.10. The van der Waals surface area contributed by atoms with Crippen LogP contribution in [0.4, 0.5) is 5.82 Å². The molecule has 2 N–H and O–H groups in total. The average Bonchev–Trinajstić information content (AvgIpc) is 2.72. The van der Waals surface area contributed by atoms with Crippen LogP contribution in [0.2, 0.25) is 0 Å². The van der Waals surface area contributed by atoms with Gasteiger partial charge in [-0.05, 0) is 6.92 Å². The maximum Gasteiger partial charge on any atom is 0.310 e. The van der Waals surface area contributed by atoms with Crippen molar-refractivity contribution in [2.24, 2.45) is 0 Å². The molecule has 0 saturated carbocycles. The zero-order chi connectivity index (χ0) is 13.0. The first kappa shape index (κ1) is 12.0. The molecule has 2 rings (SSSR count). The first-order chi connectivity index (χ1) is 8.72. The third kappa shape index (κ3) is 2.45. The second-order valence-electron chi connectivity index (χ2n) is 3.55. The minimum Gasteiger partial charge on any atom is -0.466 e. The van der Waals surface area contributed by atoms with Gasteiger partial charge in [0.05, 0.1) is 31.6 Å². The number of rotatable bonds is 4. The molecule has 0 saturated heterocycles. The summed E-state index contributed by atoms with van der Waals surface area (Å²) in [4.78, 5) is 19.1. The molecule has 0 fully saturated rings. The fourth-order valence-electron chi connectivity index (χ4n) is 1.50. The molecular formula is C11H13N5O2. The molecule has 18 heavy (non-hydrogen) atoms. The van der Waals surface area contributed by atoms with Gasteiger partial charge in [0.15, 0.2) is 0 Å². The summed E-state index contributed by atoms with van der Waals surface area (Å²) in [6.07, 6.45) is 6.24. The molecule has 0 aliphatic rings. The number of ether oxygens (including phenoxy) is 1. The number of hydrogen-bond donors (Lipinski definition) is 1. The van der Waals surface area contributed by atoms with Gasteiger partial charge in [-0.3, -0.25) is 4.79 Å². The second-order valence-corrected chi connectivity index (χ2v) is 3.55. The van der Waals surface area contributed by atoms with Crippen LogP contribution in [0.5, 0.6) is 0 Å². The van der Waals surface area contributed by atoms with E-state index in [2.05, 4.69) is 15.1 Å². The van der Waals surface area contributed by atoms with Gasteiger partial charge in [0.25, 0.3) is 0 Å². The molecule has 0 radical (unpaired) electrons. The van der Waals surface area contributed by atoms with Crippen LogP contribution in [0, 0.1) is 0 Å². The van der Waals surface area contributed by atoms with Crippen molar-refractivity contribution in [3.63, 3.8) is 0 Å². The number of carbonyl (C=O) groups excluding carboxylic acids is 1. The number of aromatic nitrogens is 4. The summed E-state index contributed by atoms with van der Waals surface area (Å²) in [6.45, 7) is 2.10. The topological polar surface area (TPSA) is 95.9 Å². The molecule has 2 aromatic heterocycles. The van der Waals surface area contributed by atoms with E-state index in [4.69, 9.17) is 10.5 Å². The Kier molecular flexibility index (Phi) is 3.52. The van der Waals surface area contributed by atoms with Gasteiger partial charge in [0, 0.05) is 5.56 Å². The van der Waals surface area contributed by atoms with E-state index < -0.39 is 0 Å². The summed E-state index contributed by atoms with van der Waals surface area (Å²) >= 11 is 0. The number of nitrogen functional groups attached to an aromatic ring is 1. The van der Waals surface area contributed by atoms with Crippen LogP contribution < -0.4 is 5.73 Å². The van der Waals surface area contributed by atoms with Crippen LogP contribution in [0.25, 0.3) is 5.69 Å². The quantitative estimate of drug-likeness (QED) is 0.783. The Morgan fingerprint density at radius 1 is 1.39 bits per heavy atom. The lowest BCUT2D eigenvalue weighted by molar-refractivity contribution is -0.142. The Bertz CT molecular complexity index is 538. The van der Waals surface area contributed by atoms with E-state index in [1.54, 1.807) is 25.5 Å². The van der Waals surface area contributed by atoms with E-state index in [1.165, 1.54) is 11.0 Å². The highest BCUT2D eigenvalue weighted by Gasteiger charge is 2.13. The van der Waals surface area contributed by atoms with Crippen molar-refractivity contribution in [1.82, 2.24) is 19.7 Å². The average molecular weight is 247 g/mol. The van der Waals surface area contributed by atoms with Gasteiger partial charge in [-0.1, -0.05) is 0 Å². The zero-order valence-corrected chi connectivity index (χ0v) is 9.91. The summed E-state index contributed by atoms with van der Waals surface area (Å²) in [5.74, 6) is 0.0610. The fraction of sp³-hybridized carbons (Fsp3) is 0.273. The second kappa shape index (κ2) is 5.26. The molecule has 0 spiro atoms. The van der Waals surface area contributed by atoms with E-state index in [9.17, 15) is 4.79 Å². The van der Waals surface area contributed by atoms with Crippen LogP contribution >= 0.6 is 0 Å². The van der Waals surface area contributed by atoms with E-state index in [0.29, 0.717) is 23.7 Å². The molecular weight excluding hydrogens is 234 g/mol. The molecule has 0 aliphatic carbocycles. The van der Waals surface area contributed by atoms with Crippen LogP contribution in [-0.2, 0) is 16.0 Å². The Balaban J connectivity index is 2.22. The van der Waals surface area contributed by atoms with Crippen molar-refractivity contribution in [1.29, 1.82) is 0 Å². The van der Waals surface area contributed by atoms with Gasteiger partial charge in [0.2, 0.25) is 0 Å². The maximum atomic E-state index is 11.4. The summed E-state index contributed by atoms with van der Waals surface area (Å²) in [5.41, 5.74) is 7.18. The highest BCUT2D eigenvalue weighted by molar-refractivity contribution is 5.74. The highest BCUT2D eigenvalue weighted by atomic mass is 16.5. The molecule has 7 heteroatoms. The van der Waals surface area contributed by atoms with Crippen molar-refractivity contribution in [2.75, 3.05) is 12.3 Å². The smallest absolute Gasteiger partial charge is 0.310 e.